The summed E-state index contributed by atoms with van der Waals surface area (Å²) in [5, 5.41) is 13.1. The largest absolute Gasteiger partial charge is 0.326 e. The lowest BCUT2D eigenvalue weighted by Gasteiger charge is -2.08. The first kappa shape index (κ1) is 11.3. The summed E-state index contributed by atoms with van der Waals surface area (Å²) < 4.78 is 0. The summed E-state index contributed by atoms with van der Waals surface area (Å²) in [6.45, 7) is 1.71. The van der Waals surface area contributed by atoms with Gasteiger partial charge in [0.2, 0.25) is 5.91 Å². The number of rotatable bonds is 4. The van der Waals surface area contributed by atoms with Crippen molar-refractivity contribution in [2.45, 2.75) is 13.3 Å². The van der Waals surface area contributed by atoms with Crippen molar-refractivity contribution in [3.63, 3.8) is 0 Å². The van der Waals surface area contributed by atoms with E-state index in [2.05, 4.69) is 20.7 Å². The highest BCUT2D eigenvalue weighted by Gasteiger charge is 2.12. The van der Waals surface area contributed by atoms with E-state index in [0.29, 0.717) is 11.2 Å². The van der Waals surface area contributed by atoms with Crippen molar-refractivity contribution in [2.75, 3.05) is 5.32 Å². The second-order valence-electron chi connectivity index (χ2n) is 3.82. The molecule has 0 bridgehead atoms. The smallest absolute Gasteiger partial charge is 0.227 e. The molecular weight excluding hydrogens is 220 g/mol. The zero-order valence-corrected chi connectivity index (χ0v) is 9.30. The molecule has 0 spiro atoms. The lowest BCUT2D eigenvalue weighted by molar-refractivity contribution is -0.121. The Morgan fingerprint density at radius 3 is 3.00 bits per heavy atom. The van der Waals surface area contributed by atoms with E-state index >= 15 is 0 Å². The zero-order valence-electron chi connectivity index (χ0n) is 9.30. The number of carbonyl (C=O) groups excluding carboxylic acids is 2. The highest BCUT2D eigenvalue weighted by molar-refractivity contribution is 5.95. The molecule has 0 radical (unpaired) electrons. The van der Waals surface area contributed by atoms with Gasteiger partial charge in [-0.25, -0.2) is 0 Å². The third-order valence-electron chi connectivity index (χ3n) is 2.48. The number of aldehydes is 1. The van der Waals surface area contributed by atoms with Gasteiger partial charge in [-0.15, -0.1) is 0 Å². The molecule has 1 amide bonds. The van der Waals surface area contributed by atoms with Crippen LogP contribution in [0.25, 0.3) is 11.0 Å². The van der Waals surface area contributed by atoms with Gasteiger partial charge in [-0.1, -0.05) is 6.92 Å². The number of hydrogen-bond donors (Lipinski definition) is 2. The fraction of sp³-hybridized carbons (Fsp3) is 0.273. The van der Waals surface area contributed by atoms with Crippen molar-refractivity contribution in [2.24, 2.45) is 5.92 Å². The number of carbonyl (C=O) groups is 2. The molecule has 1 aromatic carbocycles. The minimum absolute atomic E-state index is 0.181. The predicted molar refractivity (Wildman–Crippen MR) is 62.4 cm³/mol. The maximum Gasteiger partial charge on any atom is 0.227 e. The Morgan fingerprint density at radius 2 is 2.24 bits per heavy atom. The Hall–Kier alpha value is -2.24. The molecule has 0 aliphatic heterocycles. The van der Waals surface area contributed by atoms with Gasteiger partial charge in [0.15, 0.2) is 0 Å². The number of amides is 1. The van der Waals surface area contributed by atoms with Gasteiger partial charge in [0, 0.05) is 18.0 Å². The van der Waals surface area contributed by atoms with E-state index in [4.69, 9.17) is 0 Å². The summed E-state index contributed by atoms with van der Waals surface area (Å²) in [6, 6.07) is 5.24. The maximum absolute atomic E-state index is 11.7. The normalized spacial score (nSPS) is 12.3. The summed E-state index contributed by atoms with van der Waals surface area (Å²) in [7, 11) is 0. The molecule has 0 aliphatic rings. The van der Waals surface area contributed by atoms with E-state index in [9.17, 15) is 9.59 Å². The Morgan fingerprint density at radius 1 is 1.47 bits per heavy atom. The van der Waals surface area contributed by atoms with E-state index in [1.807, 2.05) is 0 Å². The maximum atomic E-state index is 11.7. The van der Waals surface area contributed by atoms with Crippen LogP contribution in [-0.4, -0.2) is 27.6 Å². The van der Waals surface area contributed by atoms with Crippen LogP contribution >= 0.6 is 0 Å². The van der Waals surface area contributed by atoms with Crippen molar-refractivity contribution in [3.05, 3.63) is 18.2 Å². The second-order valence-corrected chi connectivity index (χ2v) is 3.82. The summed E-state index contributed by atoms with van der Waals surface area (Å²) in [5.74, 6) is -0.513. The third kappa shape index (κ3) is 2.47. The van der Waals surface area contributed by atoms with Crippen LogP contribution in [-0.2, 0) is 9.59 Å². The summed E-state index contributed by atoms with van der Waals surface area (Å²) in [4.78, 5) is 22.0. The van der Waals surface area contributed by atoms with Crippen LogP contribution in [0.1, 0.15) is 13.3 Å². The Kier molecular flexibility index (Phi) is 3.13. The molecule has 2 aromatic rings. The first-order chi connectivity index (χ1) is 8.20. The molecule has 1 heterocycles. The number of nitrogens with zero attached hydrogens (tertiary/aromatic N) is 2. The third-order valence-corrected chi connectivity index (χ3v) is 2.48. The average Bonchev–Trinajstić information content (AvgIpc) is 2.76. The fourth-order valence-electron chi connectivity index (χ4n) is 1.43. The lowest BCUT2D eigenvalue weighted by atomic mass is 10.1. The number of aromatic amines is 1. The second kappa shape index (κ2) is 4.73. The Balaban J connectivity index is 2.12. The van der Waals surface area contributed by atoms with E-state index in [-0.39, 0.29) is 18.2 Å². The molecule has 0 saturated carbocycles. The predicted octanol–water partition coefficient (Wildman–Crippen LogP) is 1.12. The number of aromatic nitrogens is 3. The van der Waals surface area contributed by atoms with Crippen molar-refractivity contribution >= 4 is 28.9 Å². The van der Waals surface area contributed by atoms with Crippen LogP contribution in [0.2, 0.25) is 0 Å². The number of nitrogens with one attached hydrogen (secondary N) is 2. The number of anilines is 1. The first-order valence-electron chi connectivity index (χ1n) is 5.25. The molecule has 6 nitrogen and oxygen atoms in total. The number of hydrogen-bond acceptors (Lipinski definition) is 4. The van der Waals surface area contributed by atoms with Gasteiger partial charge in [0.05, 0.1) is 0 Å². The standard InChI is InChI=1S/C11H12N4O2/c1-7(4-5-16)11(17)12-8-2-3-9-10(6-8)14-15-13-9/h2-3,5-7H,4H2,1H3,(H,12,17)(H,13,14,15). The molecule has 6 heteroatoms. The number of benzene rings is 1. The van der Waals surface area contributed by atoms with Gasteiger partial charge in [0.25, 0.3) is 0 Å². The van der Waals surface area contributed by atoms with E-state index < -0.39 is 0 Å². The van der Waals surface area contributed by atoms with Crippen molar-refractivity contribution < 1.29 is 9.59 Å². The molecule has 2 rings (SSSR count). The van der Waals surface area contributed by atoms with Crippen LogP contribution in [0.5, 0.6) is 0 Å². The molecule has 0 aliphatic carbocycles. The van der Waals surface area contributed by atoms with Gasteiger partial charge in [-0.05, 0) is 18.2 Å². The number of H-pyrrole nitrogens is 1. The fourth-order valence-corrected chi connectivity index (χ4v) is 1.43. The van der Waals surface area contributed by atoms with E-state index in [0.717, 1.165) is 11.8 Å². The SMILES string of the molecule is CC(CC=O)C(=O)Nc1ccc2n[nH]nc2c1. The van der Waals surface area contributed by atoms with Gasteiger partial charge in [-0.2, -0.15) is 15.4 Å². The topological polar surface area (TPSA) is 87.7 Å². The van der Waals surface area contributed by atoms with Gasteiger partial charge in [-0.3, -0.25) is 4.79 Å². The van der Waals surface area contributed by atoms with Crippen LogP contribution in [0.3, 0.4) is 0 Å². The molecule has 1 aromatic heterocycles. The highest BCUT2D eigenvalue weighted by atomic mass is 16.2. The van der Waals surface area contributed by atoms with Crippen LogP contribution in [0, 0.1) is 5.92 Å². The summed E-state index contributed by atoms with van der Waals surface area (Å²) in [6.07, 6.45) is 0.961. The first-order valence-corrected chi connectivity index (χ1v) is 5.25. The number of fused-ring (bicyclic) bond motifs is 1. The minimum atomic E-state index is -0.333. The average molecular weight is 232 g/mol. The monoisotopic (exact) mass is 232 g/mol. The molecule has 0 fully saturated rings. The minimum Gasteiger partial charge on any atom is -0.326 e. The molecule has 1 atom stereocenters. The van der Waals surface area contributed by atoms with Crippen molar-refractivity contribution in [1.29, 1.82) is 0 Å². The highest BCUT2D eigenvalue weighted by Crippen LogP contribution is 2.15. The van der Waals surface area contributed by atoms with Gasteiger partial charge >= 0.3 is 0 Å². The zero-order chi connectivity index (χ0) is 12.3. The van der Waals surface area contributed by atoms with E-state index in [1.165, 1.54) is 0 Å². The molecular formula is C11H12N4O2. The quantitative estimate of drug-likeness (QED) is 0.773. The van der Waals surface area contributed by atoms with Crippen molar-refractivity contribution in [3.8, 4) is 0 Å². The molecule has 0 saturated heterocycles. The molecule has 1 unspecified atom stereocenters. The van der Waals surface area contributed by atoms with Gasteiger partial charge < -0.3 is 10.1 Å². The van der Waals surface area contributed by atoms with Crippen LogP contribution < -0.4 is 5.32 Å². The summed E-state index contributed by atoms with van der Waals surface area (Å²) in [5.41, 5.74) is 2.07. The molecule has 88 valence electrons. The summed E-state index contributed by atoms with van der Waals surface area (Å²) >= 11 is 0. The Bertz CT molecular complexity index is 549. The molecule has 2 N–H and O–H groups in total. The van der Waals surface area contributed by atoms with Crippen LogP contribution in [0.4, 0.5) is 5.69 Å². The Labute approximate surface area is 97.4 Å². The molecule has 17 heavy (non-hydrogen) atoms. The van der Waals surface area contributed by atoms with Gasteiger partial charge in [0.1, 0.15) is 17.3 Å². The van der Waals surface area contributed by atoms with Crippen LogP contribution in [0.15, 0.2) is 18.2 Å². The lowest BCUT2D eigenvalue weighted by Crippen LogP contribution is -2.20. The van der Waals surface area contributed by atoms with Crippen molar-refractivity contribution in [1.82, 2.24) is 15.4 Å². The van der Waals surface area contributed by atoms with E-state index in [1.54, 1.807) is 25.1 Å².